The first-order valence-electron chi connectivity index (χ1n) is 10.6. The third-order valence-corrected chi connectivity index (χ3v) is 5.35. The highest BCUT2D eigenvalue weighted by molar-refractivity contribution is 6.31. The van der Waals surface area contributed by atoms with Crippen molar-refractivity contribution < 1.29 is 14.3 Å². The van der Waals surface area contributed by atoms with E-state index in [2.05, 4.69) is 26.1 Å². The summed E-state index contributed by atoms with van der Waals surface area (Å²) in [6, 6.07) is 14.3. The number of rotatable bonds is 8. The standard InChI is InChI=1S/C25H33ClN2O3/c1-17(2)27-24(30)18(3)28(15-19-9-7-8-10-22(19)26)23(29)16-31-21-13-11-20(12-14-21)25(4,5)6/h7-14,17-18H,15-16H2,1-6H3,(H,27,30)/t18-/m0/s1. The number of ether oxygens (including phenoxy) is 1. The molecule has 6 heteroatoms. The summed E-state index contributed by atoms with van der Waals surface area (Å²) in [5.74, 6) is 0.106. The monoisotopic (exact) mass is 444 g/mol. The molecule has 2 rings (SSSR count). The number of hydrogen-bond donors (Lipinski definition) is 1. The fourth-order valence-corrected chi connectivity index (χ4v) is 3.27. The van der Waals surface area contributed by atoms with E-state index in [9.17, 15) is 9.59 Å². The SMILES string of the molecule is CC(C)NC(=O)[C@H](C)N(Cc1ccccc1Cl)C(=O)COc1ccc(C(C)(C)C)cc1. The van der Waals surface area contributed by atoms with Crippen LogP contribution in [0, 0.1) is 0 Å². The molecule has 0 heterocycles. The Morgan fingerprint density at radius 2 is 1.65 bits per heavy atom. The molecule has 2 aromatic rings. The second-order valence-electron chi connectivity index (χ2n) is 9.02. The molecule has 0 bridgehead atoms. The van der Waals surface area contributed by atoms with Gasteiger partial charge >= 0.3 is 0 Å². The Hall–Kier alpha value is -2.53. The molecule has 168 valence electrons. The Balaban J connectivity index is 2.15. The summed E-state index contributed by atoms with van der Waals surface area (Å²) in [7, 11) is 0. The minimum atomic E-state index is -0.668. The van der Waals surface area contributed by atoms with Gasteiger partial charge in [0.25, 0.3) is 5.91 Å². The average Bonchev–Trinajstić information content (AvgIpc) is 2.70. The lowest BCUT2D eigenvalue weighted by molar-refractivity contribution is -0.142. The summed E-state index contributed by atoms with van der Waals surface area (Å²) in [4.78, 5) is 27.2. The molecule has 0 spiro atoms. The Bertz CT molecular complexity index is 888. The van der Waals surface area contributed by atoms with Crippen molar-refractivity contribution in [1.29, 1.82) is 0 Å². The fraction of sp³-hybridized carbons (Fsp3) is 0.440. The molecule has 0 radical (unpaired) electrons. The smallest absolute Gasteiger partial charge is 0.261 e. The number of amides is 2. The summed E-state index contributed by atoms with van der Waals surface area (Å²) in [6.07, 6.45) is 0. The molecule has 0 saturated carbocycles. The molecule has 0 fully saturated rings. The van der Waals surface area contributed by atoms with Crippen molar-refractivity contribution in [3.8, 4) is 5.75 Å². The first kappa shape index (κ1) is 24.7. The van der Waals surface area contributed by atoms with Crippen molar-refractivity contribution in [3.63, 3.8) is 0 Å². The van der Waals surface area contributed by atoms with E-state index in [1.54, 1.807) is 13.0 Å². The molecule has 2 amide bonds. The number of halogens is 1. The van der Waals surface area contributed by atoms with Gasteiger partial charge in [0.1, 0.15) is 11.8 Å². The number of hydrogen-bond acceptors (Lipinski definition) is 3. The summed E-state index contributed by atoms with van der Waals surface area (Å²) in [5, 5.41) is 3.42. The first-order valence-corrected chi connectivity index (χ1v) is 10.9. The molecule has 1 N–H and O–H groups in total. The predicted octanol–water partition coefficient (Wildman–Crippen LogP) is 4.96. The highest BCUT2D eigenvalue weighted by atomic mass is 35.5. The van der Waals surface area contributed by atoms with Gasteiger partial charge < -0.3 is 15.0 Å². The molecule has 0 aromatic heterocycles. The highest BCUT2D eigenvalue weighted by Gasteiger charge is 2.27. The zero-order valence-corrected chi connectivity index (χ0v) is 20.0. The van der Waals surface area contributed by atoms with Crippen molar-refractivity contribution in [2.75, 3.05) is 6.61 Å². The van der Waals surface area contributed by atoms with E-state index in [4.69, 9.17) is 16.3 Å². The van der Waals surface area contributed by atoms with Crippen molar-refractivity contribution in [3.05, 3.63) is 64.7 Å². The van der Waals surface area contributed by atoms with E-state index < -0.39 is 6.04 Å². The minimum Gasteiger partial charge on any atom is -0.484 e. The third kappa shape index (κ3) is 7.28. The van der Waals surface area contributed by atoms with Crippen LogP contribution in [-0.2, 0) is 21.5 Å². The van der Waals surface area contributed by atoms with E-state index >= 15 is 0 Å². The molecule has 0 unspecified atom stereocenters. The summed E-state index contributed by atoms with van der Waals surface area (Å²) < 4.78 is 5.74. The summed E-state index contributed by atoms with van der Waals surface area (Å²) in [5.41, 5.74) is 2.00. The van der Waals surface area contributed by atoms with Crippen LogP contribution in [0.3, 0.4) is 0 Å². The van der Waals surface area contributed by atoms with Crippen molar-refractivity contribution >= 4 is 23.4 Å². The van der Waals surface area contributed by atoms with Gasteiger partial charge in [-0.2, -0.15) is 0 Å². The van der Waals surface area contributed by atoms with Crippen LogP contribution in [0.25, 0.3) is 0 Å². The van der Waals surface area contributed by atoms with Gasteiger partial charge in [0, 0.05) is 17.6 Å². The van der Waals surface area contributed by atoms with Crippen LogP contribution >= 0.6 is 11.6 Å². The van der Waals surface area contributed by atoms with Gasteiger partial charge in [-0.3, -0.25) is 9.59 Å². The predicted molar refractivity (Wildman–Crippen MR) is 125 cm³/mol. The highest BCUT2D eigenvalue weighted by Crippen LogP contribution is 2.24. The van der Waals surface area contributed by atoms with E-state index in [1.165, 1.54) is 10.5 Å². The Morgan fingerprint density at radius 3 is 2.19 bits per heavy atom. The number of nitrogens with one attached hydrogen (secondary N) is 1. The topological polar surface area (TPSA) is 58.6 Å². The van der Waals surface area contributed by atoms with Crippen LogP contribution in [0.15, 0.2) is 48.5 Å². The fourth-order valence-electron chi connectivity index (χ4n) is 3.08. The molecule has 0 aliphatic rings. The van der Waals surface area contributed by atoms with Crippen molar-refractivity contribution in [1.82, 2.24) is 10.2 Å². The number of carbonyl (C=O) groups is 2. The number of carbonyl (C=O) groups excluding carboxylic acids is 2. The Kier molecular flexibility index (Phi) is 8.52. The largest absolute Gasteiger partial charge is 0.484 e. The van der Waals surface area contributed by atoms with Crippen LogP contribution in [0.1, 0.15) is 52.7 Å². The maximum Gasteiger partial charge on any atom is 0.261 e. The molecule has 0 aliphatic carbocycles. The van der Waals surface area contributed by atoms with Crippen LogP contribution in [0.2, 0.25) is 5.02 Å². The van der Waals surface area contributed by atoms with Gasteiger partial charge in [-0.1, -0.05) is 62.7 Å². The average molecular weight is 445 g/mol. The van der Waals surface area contributed by atoms with Crippen LogP contribution in [0.4, 0.5) is 0 Å². The van der Waals surface area contributed by atoms with E-state index in [0.29, 0.717) is 10.8 Å². The van der Waals surface area contributed by atoms with Crippen LogP contribution in [-0.4, -0.2) is 35.4 Å². The maximum atomic E-state index is 13.1. The zero-order chi connectivity index (χ0) is 23.2. The van der Waals surface area contributed by atoms with Crippen LogP contribution < -0.4 is 10.1 Å². The molecule has 31 heavy (non-hydrogen) atoms. The van der Waals surface area contributed by atoms with Gasteiger partial charge in [0.2, 0.25) is 5.91 Å². The Labute approximate surface area is 190 Å². The Morgan fingerprint density at radius 1 is 1.03 bits per heavy atom. The summed E-state index contributed by atoms with van der Waals surface area (Å²) in [6.45, 7) is 12.0. The number of benzene rings is 2. The molecule has 0 aliphatic heterocycles. The first-order chi connectivity index (χ1) is 14.5. The molecule has 5 nitrogen and oxygen atoms in total. The lowest BCUT2D eigenvalue weighted by Crippen LogP contribution is -2.50. The second-order valence-corrected chi connectivity index (χ2v) is 9.42. The zero-order valence-electron chi connectivity index (χ0n) is 19.2. The molecule has 1 atom stereocenters. The second kappa shape index (κ2) is 10.7. The minimum absolute atomic E-state index is 0.0233. The molecular weight excluding hydrogens is 412 g/mol. The van der Waals surface area contributed by atoms with E-state index in [-0.39, 0.29) is 36.4 Å². The van der Waals surface area contributed by atoms with Crippen molar-refractivity contribution in [2.45, 2.75) is 65.6 Å². The van der Waals surface area contributed by atoms with Gasteiger partial charge in [0.15, 0.2) is 6.61 Å². The van der Waals surface area contributed by atoms with Gasteiger partial charge in [-0.05, 0) is 55.5 Å². The van der Waals surface area contributed by atoms with Gasteiger partial charge in [-0.25, -0.2) is 0 Å². The molecular formula is C25H33ClN2O3. The molecule has 0 saturated heterocycles. The lowest BCUT2D eigenvalue weighted by atomic mass is 9.87. The van der Waals surface area contributed by atoms with Crippen molar-refractivity contribution in [2.24, 2.45) is 0 Å². The van der Waals surface area contributed by atoms with E-state index in [0.717, 1.165) is 5.56 Å². The van der Waals surface area contributed by atoms with Gasteiger partial charge in [0.05, 0.1) is 0 Å². The summed E-state index contributed by atoms with van der Waals surface area (Å²) >= 11 is 6.30. The number of nitrogens with zero attached hydrogens (tertiary/aromatic N) is 1. The van der Waals surface area contributed by atoms with Gasteiger partial charge in [-0.15, -0.1) is 0 Å². The third-order valence-electron chi connectivity index (χ3n) is 4.98. The quantitative estimate of drug-likeness (QED) is 0.626. The normalized spacial score (nSPS) is 12.4. The maximum absolute atomic E-state index is 13.1. The molecule has 2 aromatic carbocycles. The van der Waals surface area contributed by atoms with Crippen LogP contribution in [0.5, 0.6) is 5.75 Å². The van der Waals surface area contributed by atoms with E-state index in [1.807, 2.05) is 56.3 Å². The lowest BCUT2D eigenvalue weighted by Gasteiger charge is -2.29.